The molecule has 0 aliphatic carbocycles. The summed E-state index contributed by atoms with van der Waals surface area (Å²) in [6, 6.07) is 12.8. The number of rotatable bonds is 2. The summed E-state index contributed by atoms with van der Waals surface area (Å²) in [5.41, 5.74) is 3.72. The Balaban J connectivity index is 1.69. The molecule has 24 heavy (non-hydrogen) atoms. The van der Waals surface area contributed by atoms with Crippen molar-refractivity contribution in [2.24, 2.45) is 0 Å². The number of sulfonamides is 1. The Bertz CT molecular complexity index is 937. The Morgan fingerprint density at radius 3 is 2.67 bits per heavy atom. The van der Waals surface area contributed by atoms with Crippen LogP contribution in [0, 0.1) is 0 Å². The highest BCUT2D eigenvalue weighted by molar-refractivity contribution is 7.89. The molecule has 1 amide bonds. The van der Waals surface area contributed by atoms with E-state index in [4.69, 9.17) is 0 Å². The second-order valence-corrected chi connectivity index (χ2v) is 8.26. The molecule has 1 atom stereocenters. The van der Waals surface area contributed by atoms with Gasteiger partial charge in [0.2, 0.25) is 15.9 Å². The highest BCUT2D eigenvalue weighted by Gasteiger charge is 2.32. The lowest BCUT2D eigenvalue weighted by Gasteiger charge is -2.28. The number of carbonyl (C=O) groups excluding carboxylic acids is 1. The Kier molecular flexibility index (Phi) is 3.47. The van der Waals surface area contributed by atoms with E-state index in [1.807, 2.05) is 24.3 Å². The number of nitrogens with zero attached hydrogens (tertiary/aromatic N) is 1. The fraction of sp³-hybridized carbons (Fsp3) is 0.278. The Hall–Kier alpha value is -2.18. The van der Waals surface area contributed by atoms with Crippen LogP contribution in [0.4, 0.5) is 5.69 Å². The number of nitrogens with one attached hydrogen (secondary N) is 1. The minimum Gasteiger partial charge on any atom is -0.325 e. The summed E-state index contributed by atoms with van der Waals surface area (Å²) < 4.78 is 27.5. The zero-order chi connectivity index (χ0) is 16.9. The van der Waals surface area contributed by atoms with Crippen molar-refractivity contribution in [3.63, 3.8) is 0 Å². The number of hydrogen-bond acceptors (Lipinski definition) is 3. The highest BCUT2D eigenvalue weighted by Crippen LogP contribution is 2.35. The van der Waals surface area contributed by atoms with E-state index in [2.05, 4.69) is 5.32 Å². The van der Waals surface area contributed by atoms with Crippen molar-refractivity contribution in [1.29, 1.82) is 0 Å². The molecule has 2 aliphatic rings. The molecule has 0 bridgehead atoms. The van der Waals surface area contributed by atoms with Crippen molar-refractivity contribution in [1.82, 2.24) is 4.31 Å². The van der Waals surface area contributed by atoms with Crippen LogP contribution >= 0.6 is 0 Å². The third-order valence-corrected chi connectivity index (χ3v) is 6.72. The molecule has 2 aromatic rings. The van der Waals surface area contributed by atoms with Crippen LogP contribution in [0.5, 0.6) is 0 Å². The maximum atomic E-state index is 13.0. The van der Waals surface area contributed by atoms with Crippen LogP contribution < -0.4 is 5.32 Å². The van der Waals surface area contributed by atoms with Gasteiger partial charge in [0.05, 0.1) is 10.8 Å². The lowest BCUT2D eigenvalue weighted by atomic mass is 10.0. The van der Waals surface area contributed by atoms with Gasteiger partial charge in [0, 0.05) is 18.8 Å². The van der Waals surface area contributed by atoms with Gasteiger partial charge >= 0.3 is 0 Å². The Morgan fingerprint density at radius 1 is 1.12 bits per heavy atom. The van der Waals surface area contributed by atoms with E-state index in [9.17, 15) is 13.2 Å². The molecule has 0 unspecified atom stereocenters. The smallest absolute Gasteiger partial charge is 0.243 e. The highest BCUT2D eigenvalue weighted by atomic mass is 32.2. The second-order valence-electron chi connectivity index (χ2n) is 6.32. The second kappa shape index (κ2) is 5.43. The fourth-order valence-corrected chi connectivity index (χ4v) is 4.83. The van der Waals surface area contributed by atoms with Gasteiger partial charge in [-0.15, -0.1) is 0 Å². The Labute approximate surface area is 141 Å². The Morgan fingerprint density at radius 2 is 1.88 bits per heavy atom. The lowest BCUT2D eigenvalue weighted by Crippen LogP contribution is -2.35. The molecule has 6 heteroatoms. The number of anilines is 1. The zero-order valence-corrected chi connectivity index (χ0v) is 14.1. The topological polar surface area (TPSA) is 66.5 Å². The molecule has 0 fully saturated rings. The molecule has 2 heterocycles. The van der Waals surface area contributed by atoms with E-state index in [0.29, 0.717) is 18.8 Å². The molecule has 0 aromatic heterocycles. The average molecular weight is 342 g/mol. The van der Waals surface area contributed by atoms with Crippen LogP contribution in [0.2, 0.25) is 0 Å². The standard InChI is InChI=1S/C18H18N2O3S/c1-12-16-10-15(6-7-17(16)19-18(12)21)24(22,23)20-9-8-13-4-2-3-5-14(13)11-20/h2-7,10,12H,8-9,11H2,1H3,(H,19,21)/t12-/m0/s1. The molecule has 1 N–H and O–H groups in total. The summed E-state index contributed by atoms with van der Waals surface area (Å²) in [7, 11) is -3.57. The number of hydrogen-bond donors (Lipinski definition) is 1. The third-order valence-electron chi connectivity index (χ3n) is 4.87. The molecule has 4 rings (SSSR count). The van der Waals surface area contributed by atoms with Gasteiger partial charge in [0.25, 0.3) is 0 Å². The monoisotopic (exact) mass is 342 g/mol. The summed E-state index contributed by atoms with van der Waals surface area (Å²) in [5, 5.41) is 2.77. The molecule has 0 spiro atoms. The molecule has 5 nitrogen and oxygen atoms in total. The van der Waals surface area contributed by atoms with Gasteiger partial charge in [-0.1, -0.05) is 24.3 Å². The molecule has 0 saturated heterocycles. The first-order chi connectivity index (χ1) is 11.5. The van der Waals surface area contributed by atoms with Crippen LogP contribution in [-0.4, -0.2) is 25.2 Å². The van der Waals surface area contributed by atoms with Crippen LogP contribution in [0.25, 0.3) is 0 Å². The predicted molar refractivity (Wildman–Crippen MR) is 91.2 cm³/mol. The number of fused-ring (bicyclic) bond motifs is 2. The predicted octanol–water partition coefficient (Wildman–Crippen LogP) is 2.49. The molecule has 0 radical (unpaired) electrons. The number of benzene rings is 2. The summed E-state index contributed by atoms with van der Waals surface area (Å²) >= 11 is 0. The fourth-order valence-electron chi connectivity index (χ4n) is 3.38. The maximum Gasteiger partial charge on any atom is 0.243 e. The van der Waals surface area contributed by atoms with Crippen molar-refractivity contribution in [3.05, 3.63) is 59.2 Å². The number of carbonyl (C=O) groups is 1. The minimum absolute atomic E-state index is 0.0913. The van der Waals surface area contributed by atoms with Crippen LogP contribution in [0.1, 0.15) is 29.5 Å². The van der Waals surface area contributed by atoms with Gasteiger partial charge in [0.1, 0.15) is 0 Å². The van der Waals surface area contributed by atoms with E-state index in [-0.39, 0.29) is 16.7 Å². The van der Waals surface area contributed by atoms with E-state index >= 15 is 0 Å². The van der Waals surface area contributed by atoms with Crippen LogP contribution in [-0.2, 0) is 27.8 Å². The molecular formula is C18H18N2O3S. The van der Waals surface area contributed by atoms with Crippen molar-refractivity contribution in [2.45, 2.75) is 30.7 Å². The van der Waals surface area contributed by atoms with E-state index < -0.39 is 10.0 Å². The van der Waals surface area contributed by atoms with Gasteiger partial charge in [-0.05, 0) is 48.2 Å². The number of amides is 1. The van der Waals surface area contributed by atoms with Gasteiger partial charge < -0.3 is 5.32 Å². The van der Waals surface area contributed by atoms with E-state index in [0.717, 1.165) is 17.5 Å². The summed E-state index contributed by atoms with van der Waals surface area (Å²) in [4.78, 5) is 12.0. The molecule has 2 aromatic carbocycles. The first-order valence-electron chi connectivity index (χ1n) is 7.98. The van der Waals surface area contributed by atoms with Crippen molar-refractivity contribution in [2.75, 3.05) is 11.9 Å². The lowest BCUT2D eigenvalue weighted by molar-refractivity contribution is -0.116. The van der Waals surface area contributed by atoms with Gasteiger partial charge in [-0.3, -0.25) is 4.79 Å². The SMILES string of the molecule is C[C@@H]1C(=O)Nc2ccc(S(=O)(=O)N3CCc4ccccc4C3)cc21. The van der Waals surface area contributed by atoms with Gasteiger partial charge in [-0.25, -0.2) is 8.42 Å². The quantitative estimate of drug-likeness (QED) is 0.912. The summed E-state index contributed by atoms with van der Waals surface area (Å²) in [5.74, 6) is -0.413. The summed E-state index contributed by atoms with van der Waals surface area (Å²) in [6.45, 7) is 2.65. The largest absolute Gasteiger partial charge is 0.325 e. The first-order valence-corrected chi connectivity index (χ1v) is 9.42. The molecule has 124 valence electrons. The molecular weight excluding hydrogens is 324 g/mol. The van der Waals surface area contributed by atoms with Crippen molar-refractivity contribution in [3.8, 4) is 0 Å². The van der Waals surface area contributed by atoms with E-state index in [1.54, 1.807) is 25.1 Å². The molecule has 0 saturated carbocycles. The summed E-state index contributed by atoms with van der Waals surface area (Å²) in [6.07, 6.45) is 0.719. The third kappa shape index (κ3) is 2.34. The normalized spacial score (nSPS) is 20.4. The average Bonchev–Trinajstić information content (AvgIpc) is 2.88. The maximum absolute atomic E-state index is 13.0. The minimum atomic E-state index is -3.57. The molecule has 2 aliphatic heterocycles. The van der Waals surface area contributed by atoms with Crippen molar-refractivity contribution >= 4 is 21.6 Å². The van der Waals surface area contributed by atoms with E-state index in [1.165, 1.54) is 9.87 Å². The first kappa shape index (κ1) is 15.4. The van der Waals surface area contributed by atoms with Crippen LogP contribution in [0.3, 0.4) is 0 Å². The van der Waals surface area contributed by atoms with Gasteiger partial charge in [-0.2, -0.15) is 4.31 Å². The zero-order valence-electron chi connectivity index (χ0n) is 13.3. The van der Waals surface area contributed by atoms with Crippen LogP contribution in [0.15, 0.2) is 47.4 Å². The van der Waals surface area contributed by atoms with Gasteiger partial charge in [0.15, 0.2) is 0 Å². The van der Waals surface area contributed by atoms with Crippen molar-refractivity contribution < 1.29 is 13.2 Å².